The number of ketones is 2. The van der Waals surface area contributed by atoms with Crippen molar-refractivity contribution >= 4 is 44.2 Å². The highest BCUT2D eigenvalue weighted by Crippen LogP contribution is 2.42. The van der Waals surface area contributed by atoms with Crippen LogP contribution >= 0.6 is 11.3 Å². The topological polar surface area (TPSA) is 80.3 Å². The Morgan fingerprint density at radius 2 is 1.93 bits per heavy atom. The van der Waals surface area contributed by atoms with E-state index >= 15 is 0 Å². The summed E-state index contributed by atoms with van der Waals surface area (Å²) in [6.07, 6.45) is 4.42. The second-order valence-corrected chi connectivity index (χ2v) is 9.77. The predicted octanol–water partition coefficient (Wildman–Crippen LogP) is 4.25. The van der Waals surface area contributed by atoms with E-state index in [1.54, 1.807) is 41.7 Å². The molecule has 0 fully saturated rings. The number of rotatable bonds is 7. The van der Waals surface area contributed by atoms with Gasteiger partial charge in [-0.25, -0.2) is 8.42 Å². The summed E-state index contributed by atoms with van der Waals surface area (Å²) in [5.41, 5.74) is 2.20. The maximum Gasteiger partial charge on any atom is 0.229 e. The van der Waals surface area contributed by atoms with Crippen LogP contribution in [0.25, 0.3) is 5.57 Å². The molecule has 0 saturated heterocycles. The van der Waals surface area contributed by atoms with E-state index in [0.717, 1.165) is 28.7 Å². The van der Waals surface area contributed by atoms with Crippen molar-refractivity contribution in [3.8, 4) is 0 Å². The van der Waals surface area contributed by atoms with Gasteiger partial charge in [-0.2, -0.15) is 0 Å². The van der Waals surface area contributed by atoms with Gasteiger partial charge in [0.05, 0.1) is 12.2 Å². The molecule has 1 N–H and O–H groups in total. The van der Waals surface area contributed by atoms with Crippen molar-refractivity contribution in [2.75, 3.05) is 11.0 Å². The van der Waals surface area contributed by atoms with Crippen LogP contribution in [0.4, 0.5) is 5.69 Å². The second kappa shape index (κ2) is 8.41. The second-order valence-electron chi connectivity index (χ2n) is 7.04. The zero-order valence-electron chi connectivity index (χ0n) is 15.8. The first-order valence-corrected chi connectivity index (χ1v) is 11.9. The molecule has 0 radical (unpaired) electrons. The molecule has 2 unspecified atom stereocenters. The Hall–Kier alpha value is -2.25. The molecule has 5 nitrogen and oxygen atoms in total. The lowest BCUT2D eigenvalue weighted by Gasteiger charge is -2.29. The average Bonchev–Trinajstić information content (AvgIpc) is 3.15. The highest BCUT2D eigenvalue weighted by atomic mass is 32.2. The van der Waals surface area contributed by atoms with Gasteiger partial charge < -0.3 is 0 Å². The molecule has 1 aromatic carbocycles. The van der Waals surface area contributed by atoms with E-state index in [2.05, 4.69) is 4.72 Å². The number of hydrogen-bond acceptors (Lipinski definition) is 5. The van der Waals surface area contributed by atoms with Gasteiger partial charge in [-0.05, 0) is 53.6 Å². The Morgan fingerprint density at radius 1 is 1.21 bits per heavy atom. The standard InChI is InChI=1S/C21H23NO4S2/c1-3-5-18(23)21-17(20-6-4-11-27-20)12-15(13-19(21)24)14-7-9-16(10-8-14)22-28(2,25)26/h4,6-11,13,17,21-22H,3,5,12H2,1-2H3. The highest BCUT2D eigenvalue weighted by molar-refractivity contribution is 7.92. The van der Waals surface area contributed by atoms with Crippen LogP contribution in [0.2, 0.25) is 0 Å². The van der Waals surface area contributed by atoms with Crippen LogP contribution in [-0.2, 0) is 19.6 Å². The van der Waals surface area contributed by atoms with Crippen molar-refractivity contribution < 1.29 is 18.0 Å². The van der Waals surface area contributed by atoms with E-state index in [-0.39, 0.29) is 17.5 Å². The molecule has 1 aliphatic carbocycles. The lowest BCUT2D eigenvalue weighted by Crippen LogP contribution is -2.32. The van der Waals surface area contributed by atoms with E-state index in [1.165, 1.54) is 0 Å². The normalized spacial score (nSPS) is 19.9. The minimum absolute atomic E-state index is 0.00824. The SMILES string of the molecule is CCCC(=O)C1C(=O)C=C(c2ccc(NS(C)(=O)=O)cc2)CC1c1cccs1. The summed E-state index contributed by atoms with van der Waals surface area (Å²) >= 11 is 1.57. The van der Waals surface area contributed by atoms with Crippen LogP contribution in [0, 0.1) is 5.92 Å². The molecule has 0 bridgehead atoms. The Balaban J connectivity index is 1.91. The molecular formula is C21H23NO4S2. The molecule has 0 spiro atoms. The molecule has 2 atom stereocenters. The number of benzene rings is 1. The fourth-order valence-electron chi connectivity index (χ4n) is 3.59. The number of nitrogens with one attached hydrogen (secondary N) is 1. The summed E-state index contributed by atoms with van der Waals surface area (Å²) in [5, 5.41) is 1.96. The minimum atomic E-state index is -3.34. The van der Waals surface area contributed by atoms with E-state index in [0.29, 0.717) is 18.5 Å². The van der Waals surface area contributed by atoms with Crippen molar-refractivity contribution in [1.82, 2.24) is 0 Å². The highest BCUT2D eigenvalue weighted by Gasteiger charge is 2.38. The number of Topliss-reactive ketones (excluding diaryl/α,β-unsaturated/α-hetero) is 1. The molecule has 1 aromatic heterocycles. The Labute approximate surface area is 169 Å². The largest absolute Gasteiger partial charge is 0.299 e. The molecule has 1 aliphatic rings. The number of carbonyl (C=O) groups is 2. The maximum absolute atomic E-state index is 12.9. The fraction of sp³-hybridized carbons (Fsp3) is 0.333. The van der Waals surface area contributed by atoms with Gasteiger partial charge in [-0.3, -0.25) is 14.3 Å². The van der Waals surface area contributed by atoms with Crippen molar-refractivity contribution in [2.24, 2.45) is 5.92 Å². The summed E-state index contributed by atoms with van der Waals surface area (Å²) in [6, 6.07) is 10.9. The first kappa shape index (κ1) is 20.5. The monoisotopic (exact) mass is 417 g/mol. The van der Waals surface area contributed by atoms with E-state index in [9.17, 15) is 18.0 Å². The average molecular weight is 418 g/mol. The van der Waals surface area contributed by atoms with Crippen molar-refractivity contribution in [3.63, 3.8) is 0 Å². The molecule has 0 saturated carbocycles. The van der Waals surface area contributed by atoms with Crippen LogP contribution in [0.3, 0.4) is 0 Å². The molecule has 3 rings (SSSR count). The van der Waals surface area contributed by atoms with E-state index in [1.807, 2.05) is 24.4 Å². The Kier molecular flexibility index (Phi) is 6.15. The third kappa shape index (κ3) is 4.77. The number of allylic oxidation sites excluding steroid dienone is 2. The number of thiophene rings is 1. The predicted molar refractivity (Wildman–Crippen MR) is 113 cm³/mol. The molecule has 1 heterocycles. The van der Waals surface area contributed by atoms with Gasteiger partial charge in [-0.15, -0.1) is 11.3 Å². The summed E-state index contributed by atoms with van der Waals surface area (Å²) < 4.78 is 25.1. The number of hydrogen-bond donors (Lipinski definition) is 1. The van der Waals surface area contributed by atoms with Crippen molar-refractivity contribution in [3.05, 3.63) is 58.3 Å². The van der Waals surface area contributed by atoms with Gasteiger partial charge in [0.1, 0.15) is 5.78 Å². The molecule has 0 aliphatic heterocycles. The summed E-state index contributed by atoms with van der Waals surface area (Å²) in [4.78, 5) is 26.5. The maximum atomic E-state index is 12.9. The molecule has 28 heavy (non-hydrogen) atoms. The van der Waals surface area contributed by atoms with Crippen LogP contribution in [-0.4, -0.2) is 26.2 Å². The molecule has 7 heteroatoms. The lowest BCUT2D eigenvalue weighted by molar-refractivity contribution is -0.131. The first-order valence-electron chi connectivity index (χ1n) is 9.17. The van der Waals surface area contributed by atoms with E-state index < -0.39 is 15.9 Å². The van der Waals surface area contributed by atoms with Crippen molar-refractivity contribution in [2.45, 2.75) is 32.1 Å². The zero-order chi connectivity index (χ0) is 20.3. The van der Waals surface area contributed by atoms with Crippen molar-refractivity contribution in [1.29, 1.82) is 0 Å². The molecular weight excluding hydrogens is 394 g/mol. The number of anilines is 1. The van der Waals surface area contributed by atoms with Gasteiger partial charge in [0.15, 0.2) is 5.78 Å². The fourth-order valence-corrected chi connectivity index (χ4v) is 5.02. The number of sulfonamides is 1. The van der Waals surface area contributed by atoms with Crippen LogP contribution in [0.5, 0.6) is 0 Å². The van der Waals surface area contributed by atoms with E-state index in [4.69, 9.17) is 0 Å². The summed E-state index contributed by atoms with van der Waals surface area (Å²) in [7, 11) is -3.34. The minimum Gasteiger partial charge on any atom is -0.299 e. The smallest absolute Gasteiger partial charge is 0.229 e. The Morgan fingerprint density at radius 3 is 2.50 bits per heavy atom. The van der Waals surface area contributed by atoms with Gasteiger partial charge in [0.25, 0.3) is 0 Å². The van der Waals surface area contributed by atoms with Crippen LogP contribution < -0.4 is 4.72 Å². The zero-order valence-corrected chi connectivity index (χ0v) is 17.5. The van der Waals surface area contributed by atoms with Crippen LogP contribution in [0.15, 0.2) is 47.9 Å². The van der Waals surface area contributed by atoms with Crippen LogP contribution in [0.1, 0.15) is 42.5 Å². The Bertz CT molecular complexity index is 990. The van der Waals surface area contributed by atoms with Gasteiger partial charge in [0.2, 0.25) is 10.0 Å². The lowest BCUT2D eigenvalue weighted by atomic mass is 9.73. The number of carbonyl (C=O) groups excluding carboxylic acids is 2. The summed E-state index contributed by atoms with van der Waals surface area (Å²) in [5.74, 6) is -0.903. The van der Waals surface area contributed by atoms with Gasteiger partial charge in [0, 0.05) is 22.9 Å². The first-order chi connectivity index (χ1) is 13.3. The van der Waals surface area contributed by atoms with Gasteiger partial charge in [-0.1, -0.05) is 25.1 Å². The summed E-state index contributed by atoms with van der Waals surface area (Å²) in [6.45, 7) is 1.94. The third-order valence-electron chi connectivity index (χ3n) is 4.78. The third-order valence-corrected chi connectivity index (χ3v) is 6.39. The molecule has 148 valence electrons. The molecule has 2 aromatic rings. The van der Waals surface area contributed by atoms with Gasteiger partial charge >= 0.3 is 0 Å². The quantitative estimate of drug-likeness (QED) is 0.683. The molecule has 0 amide bonds.